The van der Waals surface area contributed by atoms with Gasteiger partial charge in [0, 0.05) is 21.1 Å². The number of rotatable bonds is 3. The van der Waals surface area contributed by atoms with E-state index in [4.69, 9.17) is 8.83 Å². The highest BCUT2D eigenvalue weighted by Crippen LogP contribution is 2.27. The predicted octanol–water partition coefficient (Wildman–Crippen LogP) is 6.26. The lowest BCUT2D eigenvalue weighted by atomic mass is 10.2. The third-order valence-corrected chi connectivity index (χ3v) is 4.91. The average Bonchev–Trinajstić information content (AvgIpc) is 3.32. The number of furan rings is 1. The lowest BCUT2D eigenvalue weighted by Gasteiger charge is -2.02. The molecule has 0 saturated carbocycles. The van der Waals surface area contributed by atoms with Crippen molar-refractivity contribution in [3.8, 4) is 11.5 Å². The van der Waals surface area contributed by atoms with Crippen molar-refractivity contribution in [2.75, 3.05) is 5.32 Å². The molecule has 28 heavy (non-hydrogen) atoms. The molecule has 0 saturated heterocycles. The van der Waals surface area contributed by atoms with Crippen molar-refractivity contribution in [2.24, 2.45) is 0 Å². The monoisotopic (exact) mass is 432 g/mol. The maximum Gasteiger partial charge on any atom is 0.291 e. The number of amides is 1. The van der Waals surface area contributed by atoms with Gasteiger partial charge in [0.15, 0.2) is 11.3 Å². The highest BCUT2D eigenvalue weighted by molar-refractivity contribution is 9.10. The Bertz CT molecular complexity index is 1290. The fraction of sp³-hybridized carbons (Fsp3) is 0. The summed E-state index contributed by atoms with van der Waals surface area (Å²) < 4.78 is 12.4. The Morgan fingerprint density at radius 1 is 0.893 bits per heavy atom. The van der Waals surface area contributed by atoms with Crippen LogP contribution in [0.5, 0.6) is 0 Å². The van der Waals surface area contributed by atoms with E-state index in [-0.39, 0.29) is 11.7 Å². The zero-order valence-corrected chi connectivity index (χ0v) is 16.1. The summed E-state index contributed by atoms with van der Waals surface area (Å²) in [5.74, 6) is 0.479. The molecule has 5 nitrogen and oxygen atoms in total. The molecular weight excluding hydrogens is 420 g/mol. The minimum atomic E-state index is -0.313. The molecule has 1 amide bonds. The summed E-state index contributed by atoms with van der Waals surface area (Å²) in [6.45, 7) is 0. The highest BCUT2D eigenvalue weighted by atomic mass is 79.9. The van der Waals surface area contributed by atoms with E-state index in [9.17, 15) is 4.79 Å². The van der Waals surface area contributed by atoms with Gasteiger partial charge in [-0.3, -0.25) is 4.79 Å². The first-order valence-corrected chi connectivity index (χ1v) is 9.41. The van der Waals surface area contributed by atoms with Crippen molar-refractivity contribution in [1.29, 1.82) is 0 Å². The van der Waals surface area contributed by atoms with Gasteiger partial charge in [-0.1, -0.05) is 34.1 Å². The Balaban J connectivity index is 1.42. The summed E-state index contributed by atoms with van der Waals surface area (Å²) in [5, 5.41) is 3.73. The molecule has 0 fully saturated rings. The van der Waals surface area contributed by atoms with E-state index in [1.165, 1.54) is 0 Å². The Hall–Kier alpha value is -3.38. The second-order valence-electron chi connectivity index (χ2n) is 6.31. The van der Waals surface area contributed by atoms with Gasteiger partial charge in [0.1, 0.15) is 11.1 Å². The number of nitrogens with one attached hydrogen (secondary N) is 1. The van der Waals surface area contributed by atoms with Crippen LogP contribution in [0.4, 0.5) is 5.69 Å². The molecular formula is C22H13BrN2O3. The van der Waals surface area contributed by atoms with Crippen molar-refractivity contribution < 1.29 is 13.6 Å². The van der Waals surface area contributed by atoms with Crippen LogP contribution in [-0.4, -0.2) is 10.9 Å². The van der Waals surface area contributed by atoms with Crippen LogP contribution in [0.15, 0.2) is 86.1 Å². The van der Waals surface area contributed by atoms with Gasteiger partial charge in [0.05, 0.1) is 0 Å². The third kappa shape index (κ3) is 3.08. The lowest BCUT2D eigenvalue weighted by Crippen LogP contribution is -2.10. The lowest BCUT2D eigenvalue weighted by molar-refractivity contribution is 0.0998. The van der Waals surface area contributed by atoms with E-state index in [0.717, 1.165) is 15.4 Å². The largest absolute Gasteiger partial charge is 0.451 e. The molecule has 2 heterocycles. The van der Waals surface area contributed by atoms with Gasteiger partial charge < -0.3 is 14.2 Å². The number of anilines is 1. The third-order valence-electron chi connectivity index (χ3n) is 4.39. The number of benzene rings is 3. The number of oxazole rings is 1. The normalized spacial score (nSPS) is 11.2. The van der Waals surface area contributed by atoms with Gasteiger partial charge in [-0.15, -0.1) is 0 Å². The first-order chi connectivity index (χ1) is 13.7. The van der Waals surface area contributed by atoms with Crippen LogP contribution in [0.3, 0.4) is 0 Å². The molecule has 136 valence electrons. The minimum absolute atomic E-state index is 0.261. The summed E-state index contributed by atoms with van der Waals surface area (Å²) in [6, 6.07) is 22.3. The maximum atomic E-state index is 12.5. The minimum Gasteiger partial charge on any atom is -0.451 e. The van der Waals surface area contributed by atoms with Crippen LogP contribution in [0.2, 0.25) is 0 Å². The molecule has 0 unspecified atom stereocenters. The van der Waals surface area contributed by atoms with Gasteiger partial charge in [0.25, 0.3) is 5.91 Å². The summed E-state index contributed by atoms with van der Waals surface area (Å²) in [7, 11) is 0. The Morgan fingerprint density at radius 3 is 2.54 bits per heavy atom. The van der Waals surface area contributed by atoms with E-state index in [1.807, 2.05) is 48.5 Å². The van der Waals surface area contributed by atoms with Crippen molar-refractivity contribution in [3.05, 3.63) is 83.0 Å². The molecule has 0 radical (unpaired) electrons. The van der Waals surface area contributed by atoms with Gasteiger partial charge >= 0.3 is 0 Å². The SMILES string of the molecule is O=C(Nc1ccc2oc(-c3ccc(Br)cc3)nc2c1)c1cc2ccccc2o1. The topological polar surface area (TPSA) is 68.3 Å². The molecule has 5 aromatic rings. The average molecular weight is 433 g/mol. The van der Waals surface area contributed by atoms with E-state index >= 15 is 0 Å². The molecule has 3 aromatic carbocycles. The second-order valence-corrected chi connectivity index (χ2v) is 7.23. The fourth-order valence-corrected chi connectivity index (χ4v) is 3.27. The quantitative estimate of drug-likeness (QED) is 0.365. The van der Waals surface area contributed by atoms with Gasteiger partial charge in [-0.2, -0.15) is 0 Å². The standard InChI is InChI=1S/C22H13BrN2O3/c23-15-7-5-13(6-8-15)22-25-17-12-16(9-10-19(17)28-22)24-21(26)20-11-14-3-1-2-4-18(14)27-20/h1-12H,(H,24,26). The van der Waals surface area contributed by atoms with Crippen LogP contribution in [-0.2, 0) is 0 Å². The summed E-state index contributed by atoms with van der Waals surface area (Å²) >= 11 is 3.42. The Labute approximate surface area is 168 Å². The zero-order chi connectivity index (χ0) is 19.1. The van der Waals surface area contributed by atoms with Crippen molar-refractivity contribution >= 4 is 49.6 Å². The van der Waals surface area contributed by atoms with Gasteiger partial charge in [0.2, 0.25) is 5.89 Å². The van der Waals surface area contributed by atoms with Crippen LogP contribution in [0, 0.1) is 0 Å². The summed E-state index contributed by atoms with van der Waals surface area (Å²) in [5.41, 5.74) is 3.50. The smallest absolute Gasteiger partial charge is 0.291 e. The zero-order valence-electron chi connectivity index (χ0n) is 14.5. The van der Waals surface area contributed by atoms with Crippen LogP contribution in [0.25, 0.3) is 33.5 Å². The predicted molar refractivity (Wildman–Crippen MR) is 111 cm³/mol. The molecule has 0 aliphatic carbocycles. The number of aromatic nitrogens is 1. The maximum absolute atomic E-state index is 12.5. The Morgan fingerprint density at radius 2 is 1.71 bits per heavy atom. The summed E-state index contributed by atoms with van der Waals surface area (Å²) in [4.78, 5) is 17.1. The van der Waals surface area contributed by atoms with E-state index in [2.05, 4.69) is 26.2 Å². The molecule has 0 aliphatic heterocycles. The molecule has 6 heteroatoms. The highest BCUT2D eigenvalue weighted by Gasteiger charge is 2.14. The molecule has 1 N–H and O–H groups in total. The number of hydrogen-bond donors (Lipinski definition) is 1. The van der Waals surface area contributed by atoms with Crippen LogP contribution >= 0.6 is 15.9 Å². The molecule has 0 aliphatic rings. The molecule has 0 spiro atoms. The van der Waals surface area contributed by atoms with Crippen LogP contribution < -0.4 is 5.32 Å². The van der Waals surface area contributed by atoms with Gasteiger partial charge in [-0.05, 0) is 54.6 Å². The van der Waals surface area contributed by atoms with Crippen LogP contribution in [0.1, 0.15) is 10.6 Å². The van der Waals surface area contributed by atoms with E-state index in [0.29, 0.717) is 28.3 Å². The number of halogens is 1. The first kappa shape index (κ1) is 16.8. The van der Waals surface area contributed by atoms with E-state index < -0.39 is 0 Å². The number of carbonyl (C=O) groups excluding carboxylic acids is 1. The fourth-order valence-electron chi connectivity index (χ4n) is 3.01. The number of para-hydroxylation sites is 1. The second kappa shape index (κ2) is 6.65. The molecule has 0 atom stereocenters. The molecule has 5 rings (SSSR count). The van der Waals surface area contributed by atoms with Crippen molar-refractivity contribution in [1.82, 2.24) is 4.98 Å². The molecule has 2 aromatic heterocycles. The molecule has 0 bridgehead atoms. The number of carbonyl (C=O) groups is 1. The van der Waals surface area contributed by atoms with Gasteiger partial charge in [-0.25, -0.2) is 4.98 Å². The first-order valence-electron chi connectivity index (χ1n) is 8.62. The van der Waals surface area contributed by atoms with Crippen molar-refractivity contribution in [3.63, 3.8) is 0 Å². The number of nitrogens with zero attached hydrogens (tertiary/aromatic N) is 1. The van der Waals surface area contributed by atoms with Crippen molar-refractivity contribution in [2.45, 2.75) is 0 Å². The summed E-state index contributed by atoms with van der Waals surface area (Å²) in [6.07, 6.45) is 0. The number of fused-ring (bicyclic) bond motifs is 2. The Kier molecular flexibility index (Phi) is 3.98. The van der Waals surface area contributed by atoms with E-state index in [1.54, 1.807) is 24.3 Å². The number of hydrogen-bond acceptors (Lipinski definition) is 4.